The van der Waals surface area contributed by atoms with E-state index < -0.39 is 0 Å². The number of ether oxygens (including phenoxy) is 1. The van der Waals surface area contributed by atoms with Crippen LogP contribution in [-0.4, -0.2) is 54.6 Å². The monoisotopic (exact) mass is 390 g/mol. The molecular weight excluding hydrogens is 356 g/mol. The van der Waals surface area contributed by atoms with E-state index in [9.17, 15) is 4.79 Å². The van der Waals surface area contributed by atoms with Gasteiger partial charge in [0, 0.05) is 18.3 Å². The number of rotatable bonds is 6. The van der Waals surface area contributed by atoms with E-state index in [0.29, 0.717) is 5.92 Å². The molecule has 0 unspecified atom stereocenters. The molecule has 2 aliphatic rings. The van der Waals surface area contributed by atoms with Crippen molar-refractivity contribution < 1.29 is 9.53 Å². The zero-order valence-corrected chi connectivity index (χ0v) is 17.8. The second-order valence-electron chi connectivity index (χ2n) is 8.86. The van der Waals surface area contributed by atoms with Crippen molar-refractivity contribution in [3.05, 3.63) is 29.8 Å². The molecule has 0 aliphatic carbocycles. The minimum Gasteiger partial charge on any atom is -0.484 e. The van der Waals surface area contributed by atoms with Crippen molar-refractivity contribution in [2.75, 3.05) is 37.7 Å². The Bertz CT molecular complexity index is 598. The van der Waals surface area contributed by atoms with Crippen LogP contribution in [0.4, 0.5) is 0 Å². The van der Waals surface area contributed by atoms with Gasteiger partial charge in [0.05, 0.1) is 0 Å². The van der Waals surface area contributed by atoms with Crippen molar-refractivity contribution in [2.45, 2.75) is 51.5 Å². The van der Waals surface area contributed by atoms with Crippen molar-refractivity contribution in [3.63, 3.8) is 0 Å². The largest absolute Gasteiger partial charge is 0.484 e. The zero-order valence-electron chi connectivity index (χ0n) is 17.0. The highest BCUT2D eigenvalue weighted by atomic mass is 32.2. The molecule has 0 aromatic heterocycles. The minimum absolute atomic E-state index is 0.0236. The number of hydrogen-bond acceptors (Lipinski definition) is 4. The molecule has 2 saturated heterocycles. The Labute approximate surface area is 168 Å². The summed E-state index contributed by atoms with van der Waals surface area (Å²) in [7, 11) is 0. The van der Waals surface area contributed by atoms with Crippen LogP contribution in [0.15, 0.2) is 24.3 Å². The van der Waals surface area contributed by atoms with E-state index in [4.69, 9.17) is 4.74 Å². The summed E-state index contributed by atoms with van der Waals surface area (Å²) >= 11 is 2.08. The normalized spacial score (nSPS) is 22.0. The molecule has 5 heteroatoms. The van der Waals surface area contributed by atoms with E-state index in [1.165, 1.54) is 49.4 Å². The predicted octanol–water partition coefficient (Wildman–Crippen LogP) is 3.70. The van der Waals surface area contributed by atoms with Crippen LogP contribution in [0, 0.1) is 5.92 Å². The quantitative estimate of drug-likeness (QED) is 0.804. The van der Waals surface area contributed by atoms with Gasteiger partial charge in [0.1, 0.15) is 5.75 Å². The molecule has 0 radical (unpaired) electrons. The van der Waals surface area contributed by atoms with Crippen LogP contribution in [-0.2, 0) is 10.2 Å². The van der Waals surface area contributed by atoms with Gasteiger partial charge in [0.2, 0.25) is 0 Å². The number of amides is 1. The number of nitrogens with one attached hydrogen (secondary N) is 1. The summed E-state index contributed by atoms with van der Waals surface area (Å²) in [5.41, 5.74) is 1.39. The minimum atomic E-state index is -0.0236. The van der Waals surface area contributed by atoms with Crippen LogP contribution in [0.5, 0.6) is 5.75 Å². The van der Waals surface area contributed by atoms with Gasteiger partial charge in [-0.15, -0.1) is 0 Å². The third-order valence-corrected chi connectivity index (χ3v) is 6.89. The average molecular weight is 391 g/mol. The summed E-state index contributed by atoms with van der Waals surface area (Å²) in [5.74, 6) is 3.95. The molecule has 2 heterocycles. The molecule has 1 N–H and O–H groups in total. The highest BCUT2D eigenvalue weighted by Gasteiger charge is 2.27. The molecule has 0 bridgehead atoms. The Balaban J connectivity index is 1.33. The number of thioether (sulfide) groups is 1. The van der Waals surface area contributed by atoms with E-state index in [0.717, 1.165) is 18.3 Å². The number of likely N-dealkylation sites (tertiary alicyclic amines) is 1. The van der Waals surface area contributed by atoms with Crippen LogP contribution < -0.4 is 10.1 Å². The van der Waals surface area contributed by atoms with Crippen molar-refractivity contribution in [1.29, 1.82) is 0 Å². The first kappa shape index (κ1) is 20.5. The summed E-state index contributed by atoms with van der Waals surface area (Å²) in [5, 5.41) is 3.06. The SMILES string of the molecule is CC(C)(C)c1ccc(OCC(=O)NCC2CCN([C@@H]3CCSC3)CC2)cc1. The van der Waals surface area contributed by atoms with Gasteiger partial charge >= 0.3 is 0 Å². The molecule has 0 saturated carbocycles. The Morgan fingerprint density at radius 1 is 1.19 bits per heavy atom. The molecule has 27 heavy (non-hydrogen) atoms. The van der Waals surface area contributed by atoms with E-state index in [1.54, 1.807) is 0 Å². The maximum Gasteiger partial charge on any atom is 0.257 e. The van der Waals surface area contributed by atoms with Crippen LogP contribution in [0.2, 0.25) is 0 Å². The summed E-state index contributed by atoms with van der Waals surface area (Å²) in [6, 6.07) is 8.84. The first-order valence-corrected chi connectivity index (χ1v) is 11.4. The number of nitrogens with zero attached hydrogens (tertiary/aromatic N) is 1. The lowest BCUT2D eigenvalue weighted by molar-refractivity contribution is -0.123. The summed E-state index contributed by atoms with van der Waals surface area (Å²) < 4.78 is 5.64. The third kappa shape index (κ3) is 6.15. The Hall–Kier alpha value is -1.20. The fourth-order valence-corrected chi connectivity index (χ4v) is 5.10. The van der Waals surface area contributed by atoms with E-state index in [2.05, 4.69) is 54.9 Å². The van der Waals surface area contributed by atoms with Crippen molar-refractivity contribution in [1.82, 2.24) is 10.2 Å². The highest BCUT2D eigenvalue weighted by molar-refractivity contribution is 7.99. The number of hydrogen-bond donors (Lipinski definition) is 1. The van der Waals surface area contributed by atoms with Gasteiger partial charge in [-0.05, 0) is 67.1 Å². The Morgan fingerprint density at radius 2 is 1.89 bits per heavy atom. The fourth-order valence-electron chi connectivity index (χ4n) is 3.84. The molecule has 2 aliphatic heterocycles. The first-order valence-electron chi connectivity index (χ1n) is 10.2. The Kier molecular flexibility index (Phi) is 7.10. The van der Waals surface area contributed by atoms with Crippen LogP contribution in [0.3, 0.4) is 0 Å². The standard InChI is InChI=1S/C22H34N2O2S/c1-22(2,3)18-4-6-20(7-5-18)26-15-21(25)23-14-17-8-11-24(12-9-17)19-10-13-27-16-19/h4-7,17,19H,8-16H2,1-3H3,(H,23,25)/t19-/m1/s1. The molecule has 1 amide bonds. The van der Waals surface area contributed by atoms with Crippen molar-refractivity contribution in [2.24, 2.45) is 5.92 Å². The van der Waals surface area contributed by atoms with Crippen LogP contribution in [0.25, 0.3) is 0 Å². The van der Waals surface area contributed by atoms with Crippen LogP contribution in [0.1, 0.15) is 45.6 Å². The van der Waals surface area contributed by atoms with Crippen LogP contribution >= 0.6 is 11.8 Å². The molecule has 4 nitrogen and oxygen atoms in total. The second kappa shape index (κ2) is 9.33. The summed E-state index contributed by atoms with van der Waals surface area (Å²) in [4.78, 5) is 14.8. The summed E-state index contributed by atoms with van der Waals surface area (Å²) in [6.07, 6.45) is 3.73. The van der Waals surface area contributed by atoms with E-state index in [1.807, 2.05) is 12.1 Å². The van der Waals surface area contributed by atoms with E-state index in [-0.39, 0.29) is 17.9 Å². The maximum absolute atomic E-state index is 12.1. The number of piperidine rings is 1. The lowest BCUT2D eigenvalue weighted by atomic mass is 9.87. The molecule has 0 spiro atoms. The fraction of sp³-hybridized carbons (Fsp3) is 0.682. The van der Waals surface area contributed by atoms with Crippen molar-refractivity contribution in [3.8, 4) is 5.75 Å². The smallest absolute Gasteiger partial charge is 0.257 e. The lowest BCUT2D eigenvalue weighted by Gasteiger charge is -2.35. The first-order chi connectivity index (χ1) is 12.9. The molecule has 2 fully saturated rings. The van der Waals surface area contributed by atoms with Gasteiger partial charge in [-0.25, -0.2) is 0 Å². The lowest BCUT2D eigenvalue weighted by Crippen LogP contribution is -2.44. The third-order valence-electron chi connectivity index (χ3n) is 5.75. The number of benzene rings is 1. The van der Waals surface area contributed by atoms with Gasteiger partial charge in [-0.1, -0.05) is 32.9 Å². The number of carbonyl (C=O) groups is 1. The number of carbonyl (C=O) groups excluding carboxylic acids is 1. The van der Waals surface area contributed by atoms with Gasteiger partial charge < -0.3 is 10.1 Å². The molecule has 1 aromatic rings. The molecule has 3 rings (SSSR count). The second-order valence-corrected chi connectivity index (χ2v) is 10.0. The molecule has 1 atom stereocenters. The van der Waals surface area contributed by atoms with Gasteiger partial charge in [0.25, 0.3) is 5.91 Å². The molecule has 1 aromatic carbocycles. The maximum atomic E-state index is 12.1. The topological polar surface area (TPSA) is 41.6 Å². The molecule has 150 valence electrons. The zero-order chi connectivity index (χ0) is 19.3. The predicted molar refractivity (Wildman–Crippen MR) is 114 cm³/mol. The van der Waals surface area contributed by atoms with Gasteiger partial charge in [-0.3, -0.25) is 9.69 Å². The van der Waals surface area contributed by atoms with Gasteiger partial charge in [-0.2, -0.15) is 11.8 Å². The van der Waals surface area contributed by atoms with Crippen molar-refractivity contribution >= 4 is 17.7 Å². The average Bonchev–Trinajstić information content (AvgIpc) is 3.19. The highest BCUT2D eigenvalue weighted by Crippen LogP contribution is 2.27. The summed E-state index contributed by atoms with van der Waals surface area (Å²) in [6.45, 7) is 9.80. The molecular formula is C22H34N2O2S. The van der Waals surface area contributed by atoms with Gasteiger partial charge in [0.15, 0.2) is 6.61 Å². The Morgan fingerprint density at radius 3 is 2.48 bits per heavy atom. The van der Waals surface area contributed by atoms with E-state index >= 15 is 0 Å².